The Morgan fingerprint density at radius 3 is 2.71 bits per heavy atom. The molecule has 1 saturated heterocycles. The highest BCUT2D eigenvalue weighted by molar-refractivity contribution is 5.81. The molecule has 0 spiro atoms. The second-order valence-corrected chi connectivity index (χ2v) is 5.99. The summed E-state index contributed by atoms with van der Waals surface area (Å²) in [5.41, 5.74) is 0.864. The highest BCUT2D eigenvalue weighted by Crippen LogP contribution is 2.36. The van der Waals surface area contributed by atoms with Crippen LogP contribution in [0.4, 0.5) is 0 Å². The van der Waals surface area contributed by atoms with Crippen molar-refractivity contribution in [3.05, 3.63) is 35.9 Å². The first-order valence-corrected chi connectivity index (χ1v) is 8.10. The summed E-state index contributed by atoms with van der Waals surface area (Å²) in [6.45, 7) is 4.01. The Balaban J connectivity index is 2.14. The molecule has 3 heteroatoms. The second kappa shape index (κ2) is 7.60. The lowest BCUT2D eigenvalue weighted by molar-refractivity contribution is -0.154. The highest BCUT2D eigenvalue weighted by atomic mass is 16.5. The predicted octanol–water partition coefficient (Wildman–Crippen LogP) is 3.77. The third-order valence-corrected chi connectivity index (χ3v) is 4.60. The van der Waals surface area contributed by atoms with E-state index in [0.29, 0.717) is 0 Å². The fourth-order valence-electron chi connectivity index (χ4n) is 3.44. The van der Waals surface area contributed by atoms with Gasteiger partial charge in [0.2, 0.25) is 0 Å². The quantitative estimate of drug-likeness (QED) is 0.565. The average Bonchev–Trinajstić information content (AvgIpc) is 2.92. The molecular formula is C18H27NO2. The van der Waals surface area contributed by atoms with Crippen LogP contribution in [-0.4, -0.2) is 30.1 Å². The van der Waals surface area contributed by atoms with Crippen LogP contribution in [0.15, 0.2) is 30.3 Å². The molecule has 3 nitrogen and oxygen atoms in total. The van der Waals surface area contributed by atoms with Crippen molar-refractivity contribution in [2.75, 3.05) is 13.7 Å². The van der Waals surface area contributed by atoms with Crippen molar-refractivity contribution >= 4 is 5.97 Å². The van der Waals surface area contributed by atoms with Crippen LogP contribution < -0.4 is 0 Å². The van der Waals surface area contributed by atoms with Crippen molar-refractivity contribution in [2.45, 2.75) is 57.5 Å². The van der Waals surface area contributed by atoms with Gasteiger partial charge in [-0.2, -0.15) is 0 Å². The number of unbranched alkanes of at least 4 members (excludes halogenated alkanes) is 2. The zero-order valence-electron chi connectivity index (χ0n) is 13.3. The van der Waals surface area contributed by atoms with Gasteiger partial charge in [0.1, 0.15) is 5.54 Å². The third-order valence-electron chi connectivity index (χ3n) is 4.60. The van der Waals surface area contributed by atoms with E-state index in [1.54, 1.807) is 0 Å². The van der Waals surface area contributed by atoms with Crippen molar-refractivity contribution in [1.29, 1.82) is 0 Å². The fourth-order valence-corrected chi connectivity index (χ4v) is 3.44. The predicted molar refractivity (Wildman–Crippen MR) is 85.0 cm³/mol. The topological polar surface area (TPSA) is 29.5 Å². The number of hydrogen-bond donors (Lipinski definition) is 0. The fraction of sp³-hybridized carbons (Fsp3) is 0.611. The Morgan fingerprint density at radius 2 is 2.05 bits per heavy atom. The monoisotopic (exact) mass is 289 g/mol. The number of rotatable bonds is 7. The molecule has 0 aliphatic carbocycles. The first kappa shape index (κ1) is 16.0. The van der Waals surface area contributed by atoms with Gasteiger partial charge in [-0.3, -0.25) is 9.69 Å². The maximum absolute atomic E-state index is 12.5. The molecule has 0 radical (unpaired) electrons. The standard InChI is InChI=1S/C18H27NO2/c1-3-4-8-12-18(17(20)21-2)13-9-14-19(18)15-16-10-6-5-7-11-16/h5-7,10-11H,3-4,8-9,12-15H2,1-2H3. The number of methoxy groups -OCH3 is 1. The van der Waals surface area contributed by atoms with Crippen LogP contribution in [-0.2, 0) is 16.1 Å². The summed E-state index contributed by atoms with van der Waals surface area (Å²) in [7, 11) is 1.52. The Morgan fingerprint density at radius 1 is 1.29 bits per heavy atom. The molecule has 1 heterocycles. The normalized spacial score (nSPS) is 22.4. The van der Waals surface area contributed by atoms with Gasteiger partial charge in [0, 0.05) is 6.54 Å². The number of benzene rings is 1. The molecule has 1 fully saturated rings. The second-order valence-electron chi connectivity index (χ2n) is 5.99. The summed E-state index contributed by atoms with van der Waals surface area (Å²) in [6.07, 6.45) is 6.37. The van der Waals surface area contributed by atoms with Gasteiger partial charge in [-0.25, -0.2) is 0 Å². The molecule has 1 aromatic rings. The van der Waals surface area contributed by atoms with Gasteiger partial charge < -0.3 is 4.74 Å². The molecule has 116 valence electrons. The zero-order chi connectivity index (χ0) is 15.1. The smallest absolute Gasteiger partial charge is 0.326 e. The molecule has 2 rings (SSSR count). The molecule has 1 atom stereocenters. The van der Waals surface area contributed by atoms with Gasteiger partial charge in [-0.1, -0.05) is 56.5 Å². The average molecular weight is 289 g/mol. The van der Waals surface area contributed by atoms with Crippen molar-refractivity contribution in [1.82, 2.24) is 4.90 Å². The van der Waals surface area contributed by atoms with Crippen LogP contribution in [0.3, 0.4) is 0 Å². The van der Waals surface area contributed by atoms with Crippen LogP contribution >= 0.6 is 0 Å². The first-order chi connectivity index (χ1) is 10.2. The number of hydrogen-bond acceptors (Lipinski definition) is 3. The van der Waals surface area contributed by atoms with Crippen molar-refractivity contribution in [2.24, 2.45) is 0 Å². The van der Waals surface area contributed by atoms with Crippen LogP contribution in [0, 0.1) is 0 Å². The summed E-state index contributed by atoms with van der Waals surface area (Å²) >= 11 is 0. The lowest BCUT2D eigenvalue weighted by atomic mass is 9.89. The van der Waals surface area contributed by atoms with Gasteiger partial charge >= 0.3 is 5.97 Å². The lowest BCUT2D eigenvalue weighted by Gasteiger charge is -2.36. The molecule has 1 aliphatic heterocycles. The van der Waals surface area contributed by atoms with Crippen LogP contribution in [0.1, 0.15) is 51.0 Å². The Hall–Kier alpha value is -1.35. The number of esters is 1. The minimum Gasteiger partial charge on any atom is -0.468 e. The SMILES string of the molecule is CCCCCC1(C(=O)OC)CCCN1Cc1ccccc1. The molecule has 0 aromatic heterocycles. The van der Waals surface area contributed by atoms with Gasteiger partial charge in [-0.15, -0.1) is 0 Å². The Kier molecular flexibility index (Phi) is 5.80. The molecule has 0 saturated carbocycles. The number of nitrogens with zero attached hydrogens (tertiary/aromatic N) is 1. The zero-order valence-corrected chi connectivity index (χ0v) is 13.3. The number of ether oxygens (including phenoxy) is 1. The van der Waals surface area contributed by atoms with E-state index >= 15 is 0 Å². The summed E-state index contributed by atoms with van der Waals surface area (Å²) < 4.78 is 5.16. The summed E-state index contributed by atoms with van der Waals surface area (Å²) in [4.78, 5) is 14.8. The minimum absolute atomic E-state index is 0.0490. The first-order valence-electron chi connectivity index (χ1n) is 8.10. The molecule has 1 aliphatic rings. The van der Waals surface area contributed by atoms with Gasteiger partial charge in [-0.05, 0) is 31.4 Å². The number of carbonyl (C=O) groups excluding carboxylic acids is 1. The molecule has 0 bridgehead atoms. The van der Waals surface area contributed by atoms with E-state index in [2.05, 4.69) is 36.1 Å². The number of carbonyl (C=O) groups is 1. The van der Waals surface area contributed by atoms with E-state index in [1.165, 1.54) is 25.5 Å². The van der Waals surface area contributed by atoms with Crippen LogP contribution in [0.25, 0.3) is 0 Å². The summed E-state index contributed by atoms with van der Waals surface area (Å²) in [6, 6.07) is 10.4. The van der Waals surface area contributed by atoms with Gasteiger partial charge in [0.25, 0.3) is 0 Å². The third kappa shape index (κ3) is 3.65. The van der Waals surface area contributed by atoms with Crippen molar-refractivity contribution in [3.63, 3.8) is 0 Å². The van der Waals surface area contributed by atoms with Crippen molar-refractivity contribution < 1.29 is 9.53 Å². The maximum Gasteiger partial charge on any atom is 0.326 e. The largest absolute Gasteiger partial charge is 0.468 e. The van der Waals surface area contributed by atoms with E-state index in [9.17, 15) is 4.79 Å². The molecular weight excluding hydrogens is 262 g/mol. The van der Waals surface area contributed by atoms with Gasteiger partial charge in [0.05, 0.1) is 7.11 Å². The molecule has 0 N–H and O–H groups in total. The van der Waals surface area contributed by atoms with Crippen molar-refractivity contribution in [3.8, 4) is 0 Å². The van der Waals surface area contributed by atoms with Crippen LogP contribution in [0.2, 0.25) is 0 Å². The van der Waals surface area contributed by atoms with Gasteiger partial charge in [0.15, 0.2) is 0 Å². The Labute approximate surface area is 128 Å². The molecule has 1 aromatic carbocycles. The minimum atomic E-state index is -0.403. The number of likely N-dealkylation sites (tertiary alicyclic amines) is 1. The molecule has 1 unspecified atom stereocenters. The van der Waals surface area contributed by atoms with E-state index in [1.807, 2.05) is 6.07 Å². The van der Waals surface area contributed by atoms with Crippen LogP contribution in [0.5, 0.6) is 0 Å². The summed E-state index contributed by atoms with van der Waals surface area (Å²) in [5, 5.41) is 0. The summed E-state index contributed by atoms with van der Waals surface area (Å²) in [5.74, 6) is -0.0490. The highest BCUT2D eigenvalue weighted by Gasteiger charge is 2.47. The molecule has 0 amide bonds. The van der Waals surface area contributed by atoms with E-state index in [0.717, 1.165) is 38.8 Å². The van der Waals surface area contributed by atoms with E-state index in [4.69, 9.17) is 4.74 Å². The lowest BCUT2D eigenvalue weighted by Crippen LogP contribution is -2.50. The van der Waals surface area contributed by atoms with E-state index < -0.39 is 5.54 Å². The Bertz CT molecular complexity index is 446. The maximum atomic E-state index is 12.5. The molecule has 21 heavy (non-hydrogen) atoms. The van der Waals surface area contributed by atoms with E-state index in [-0.39, 0.29) is 5.97 Å².